The molecule has 3 fully saturated rings. The lowest BCUT2D eigenvalue weighted by molar-refractivity contribution is -0.135. The second-order valence-corrected chi connectivity index (χ2v) is 9.91. The molecule has 1 atom stereocenters. The van der Waals surface area contributed by atoms with E-state index in [4.69, 9.17) is 27.9 Å². The van der Waals surface area contributed by atoms with Crippen molar-refractivity contribution in [3.63, 3.8) is 0 Å². The first-order valence-electron chi connectivity index (χ1n) is 11.2. The molecule has 3 saturated carbocycles. The number of benzene rings is 2. The Balaban J connectivity index is 1.28. The Morgan fingerprint density at radius 2 is 1.63 bits per heavy atom. The van der Waals surface area contributed by atoms with Crippen LogP contribution in [0.5, 0.6) is 5.75 Å². The molecule has 0 aliphatic heterocycles. The molecular weight excluding hydrogens is 503 g/mol. The molecule has 3 aliphatic rings. The molecule has 0 saturated heterocycles. The Morgan fingerprint density at radius 3 is 2.26 bits per heavy atom. The fourth-order valence-corrected chi connectivity index (χ4v) is 5.05. The van der Waals surface area contributed by atoms with Crippen LogP contribution in [0.25, 0.3) is 0 Å². The zero-order valence-corrected chi connectivity index (χ0v) is 20.2. The topological polar surface area (TPSA) is 99.7 Å². The minimum Gasteiger partial charge on any atom is -0.484 e. The van der Waals surface area contributed by atoms with E-state index in [9.17, 15) is 23.5 Å². The minimum absolute atomic E-state index is 0.00700. The first-order valence-corrected chi connectivity index (χ1v) is 11.9. The number of fused-ring (bicyclic) bond motifs is 3. The van der Waals surface area contributed by atoms with Crippen molar-refractivity contribution in [2.24, 2.45) is 0 Å². The molecule has 2 amide bonds. The third-order valence-corrected chi connectivity index (χ3v) is 7.36. The smallest absolute Gasteiger partial charge is 0.258 e. The molecule has 5 rings (SSSR count). The van der Waals surface area contributed by atoms with E-state index in [0.29, 0.717) is 31.4 Å². The highest BCUT2D eigenvalue weighted by Gasteiger charge is 2.55. The van der Waals surface area contributed by atoms with Crippen LogP contribution in [-0.4, -0.2) is 47.3 Å². The molecule has 35 heavy (non-hydrogen) atoms. The number of nitrogens with one attached hydrogen (secondary N) is 3. The van der Waals surface area contributed by atoms with E-state index in [1.807, 2.05) is 0 Å². The number of hydrogen-bond acceptors (Lipinski definition) is 5. The van der Waals surface area contributed by atoms with Crippen LogP contribution < -0.4 is 20.7 Å². The van der Waals surface area contributed by atoms with E-state index < -0.39 is 28.8 Å². The van der Waals surface area contributed by atoms with Crippen molar-refractivity contribution in [1.82, 2.24) is 10.6 Å². The van der Waals surface area contributed by atoms with Gasteiger partial charge in [0.25, 0.3) is 5.91 Å². The van der Waals surface area contributed by atoms with Crippen LogP contribution in [0.1, 0.15) is 32.1 Å². The Labute approximate surface area is 211 Å². The summed E-state index contributed by atoms with van der Waals surface area (Å²) in [4.78, 5) is 25.1. The fourth-order valence-electron chi connectivity index (χ4n) is 4.82. The second-order valence-electron chi connectivity index (χ2n) is 9.10. The van der Waals surface area contributed by atoms with E-state index in [0.717, 1.165) is 6.07 Å². The van der Waals surface area contributed by atoms with Gasteiger partial charge in [0.1, 0.15) is 17.4 Å². The Kier molecular flexibility index (Phi) is 7.40. The van der Waals surface area contributed by atoms with Gasteiger partial charge in [-0.15, -0.1) is 0 Å². The molecule has 188 valence electrons. The van der Waals surface area contributed by atoms with Gasteiger partial charge in [-0.1, -0.05) is 23.2 Å². The summed E-state index contributed by atoms with van der Waals surface area (Å²) in [5.41, 5.74) is -0.970. The number of aliphatic hydroxyl groups excluding tert-OH is 1. The summed E-state index contributed by atoms with van der Waals surface area (Å²) < 4.78 is 32.5. The highest BCUT2D eigenvalue weighted by molar-refractivity contribution is 6.31. The van der Waals surface area contributed by atoms with Gasteiger partial charge in [0.15, 0.2) is 6.61 Å². The molecule has 0 spiro atoms. The lowest BCUT2D eigenvalue weighted by Gasteiger charge is -2.56. The van der Waals surface area contributed by atoms with Crippen LogP contribution in [-0.2, 0) is 9.59 Å². The summed E-state index contributed by atoms with van der Waals surface area (Å²) in [5, 5.41) is 19.6. The number of aliphatic hydroxyl groups is 1. The van der Waals surface area contributed by atoms with Crippen molar-refractivity contribution in [2.75, 3.05) is 18.5 Å². The molecule has 7 nitrogen and oxygen atoms in total. The molecule has 2 bridgehead atoms. The van der Waals surface area contributed by atoms with Crippen molar-refractivity contribution >= 4 is 40.7 Å². The van der Waals surface area contributed by atoms with E-state index in [1.165, 1.54) is 24.3 Å². The van der Waals surface area contributed by atoms with Crippen molar-refractivity contribution in [3.05, 3.63) is 58.1 Å². The Hall–Kier alpha value is -2.62. The van der Waals surface area contributed by atoms with Crippen LogP contribution >= 0.6 is 23.2 Å². The van der Waals surface area contributed by atoms with Crippen LogP contribution in [0, 0.1) is 11.6 Å². The molecule has 2 aromatic carbocycles. The van der Waals surface area contributed by atoms with Gasteiger partial charge in [0.2, 0.25) is 5.91 Å². The van der Waals surface area contributed by atoms with Crippen molar-refractivity contribution in [1.29, 1.82) is 0 Å². The summed E-state index contributed by atoms with van der Waals surface area (Å²) in [7, 11) is 0. The number of rotatable bonds is 8. The maximum absolute atomic E-state index is 13.6. The summed E-state index contributed by atoms with van der Waals surface area (Å²) in [5.74, 6) is -1.76. The number of amides is 2. The van der Waals surface area contributed by atoms with Crippen molar-refractivity contribution in [3.8, 4) is 5.75 Å². The van der Waals surface area contributed by atoms with Gasteiger partial charge in [-0.3, -0.25) is 9.59 Å². The first-order chi connectivity index (χ1) is 16.6. The zero-order chi connectivity index (χ0) is 25.2. The highest BCUT2D eigenvalue weighted by atomic mass is 35.5. The largest absolute Gasteiger partial charge is 0.484 e. The average molecular weight is 528 g/mol. The molecule has 0 radical (unpaired) electrons. The SMILES string of the molecule is O=C(COc1ccc(Cl)c(F)c1)NC12CCC(NC(=O)CNc3ccc(Cl)c(F)c3)(CC1)[C@@H](O)C2. The normalized spacial score (nSPS) is 25.1. The number of carbonyl (C=O) groups is 2. The lowest BCUT2D eigenvalue weighted by Crippen LogP contribution is -2.70. The van der Waals surface area contributed by atoms with Crippen molar-refractivity contribution < 1.29 is 28.2 Å². The Bertz CT molecular complexity index is 1130. The van der Waals surface area contributed by atoms with Gasteiger partial charge in [0.05, 0.1) is 28.2 Å². The molecule has 2 aromatic rings. The monoisotopic (exact) mass is 527 g/mol. The molecular formula is C24H25Cl2F2N3O4. The first kappa shape index (κ1) is 25.5. The molecule has 11 heteroatoms. The van der Waals surface area contributed by atoms with Gasteiger partial charge in [-0.25, -0.2) is 8.78 Å². The molecule has 0 aromatic heterocycles. The minimum atomic E-state index is -0.853. The summed E-state index contributed by atoms with van der Waals surface area (Å²) >= 11 is 11.3. The predicted octanol–water partition coefficient (Wildman–Crippen LogP) is 3.81. The summed E-state index contributed by atoms with van der Waals surface area (Å²) in [6.45, 7) is -0.405. The molecule has 4 N–H and O–H groups in total. The highest BCUT2D eigenvalue weighted by Crippen LogP contribution is 2.47. The fraction of sp³-hybridized carbons (Fsp3) is 0.417. The zero-order valence-electron chi connectivity index (χ0n) is 18.7. The van der Waals surface area contributed by atoms with Crippen LogP contribution in [0.2, 0.25) is 10.0 Å². The van der Waals surface area contributed by atoms with Gasteiger partial charge in [-0.2, -0.15) is 0 Å². The quantitative estimate of drug-likeness (QED) is 0.418. The molecule has 0 heterocycles. The van der Waals surface area contributed by atoms with Crippen molar-refractivity contribution in [2.45, 2.75) is 49.3 Å². The van der Waals surface area contributed by atoms with E-state index in [1.54, 1.807) is 6.07 Å². The number of carbonyl (C=O) groups excluding carboxylic acids is 2. The summed E-state index contributed by atoms with van der Waals surface area (Å²) in [6, 6.07) is 8.09. The second kappa shape index (κ2) is 10.2. The number of hydrogen-bond donors (Lipinski definition) is 4. The van der Waals surface area contributed by atoms with E-state index in [-0.39, 0.29) is 47.2 Å². The third kappa shape index (κ3) is 5.79. The summed E-state index contributed by atoms with van der Waals surface area (Å²) in [6.07, 6.45) is 1.54. The predicted molar refractivity (Wildman–Crippen MR) is 128 cm³/mol. The Morgan fingerprint density at radius 1 is 0.971 bits per heavy atom. The van der Waals surface area contributed by atoms with Gasteiger partial charge >= 0.3 is 0 Å². The van der Waals surface area contributed by atoms with E-state index in [2.05, 4.69) is 16.0 Å². The lowest BCUT2D eigenvalue weighted by atomic mass is 9.60. The maximum Gasteiger partial charge on any atom is 0.258 e. The number of ether oxygens (including phenoxy) is 1. The van der Waals surface area contributed by atoms with Gasteiger partial charge < -0.3 is 25.8 Å². The van der Waals surface area contributed by atoms with Gasteiger partial charge in [0, 0.05) is 17.3 Å². The maximum atomic E-state index is 13.6. The van der Waals surface area contributed by atoms with Crippen LogP contribution in [0.3, 0.4) is 0 Å². The number of halogens is 4. The van der Waals surface area contributed by atoms with E-state index >= 15 is 0 Å². The van der Waals surface area contributed by atoms with Crippen LogP contribution in [0.4, 0.5) is 14.5 Å². The molecule has 0 unspecified atom stereocenters. The third-order valence-electron chi connectivity index (χ3n) is 6.75. The van der Waals surface area contributed by atoms with Crippen LogP contribution in [0.15, 0.2) is 36.4 Å². The molecule has 3 aliphatic carbocycles. The standard InChI is InChI=1S/C24H25Cl2F2N3O4/c25-16-3-1-14(9-18(16)27)29-12-21(33)31-24-7-5-23(6-8-24,11-20(24)32)30-22(34)13-35-15-2-4-17(26)19(28)10-15/h1-4,9-10,20,29,32H,5-8,11-13H2,(H,30,34)(H,31,33)/t20-,23?,24?/m0/s1. The number of anilines is 1. The average Bonchev–Trinajstić information content (AvgIpc) is 2.82. The van der Waals surface area contributed by atoms with Gasteiger partial charge in [-0.05, 0) is 62.4 Å².